The SMILES string of the molecule is CC(C)Cc1nnc(NC(=O)c2ccc3c(c2)S(=O)(=O)N(C2CC2)C3=O)s1. The lowest BCUT2D eigenvalue weighted by Crippen LogP contribution is -2.31. The van der Waals surface area contributed by atoms with E-state index >= 15 is 0 Å². The number of rotatable bonds is 5. The zero-order chi connectivity index (χ0) is 19.3. The Bertz CT molecular complexity index is 1040. The van der Waals surface area contributed by atoms with Gasteiger partial charge in [-0.1, -0.05) is 25.2 Å². The van der Waals surface area contributed by atoms with Gasteiger partial charge in [0, 0.05) is 18.0 Å². The Kier molecular flexibility index (Phi) is 4.26. The summed E-state index contributed by atoms with van der Waals surface area (Å²) < 4.78 is 26.3. The Morgan fingerprint density at radius 3 is 2.74 bits per heavy atom. The van der Waals surface area contributed by atoms with Gasteiger partial charge in [-0.25, -0.2) is 12.7 Å². The maximum absolute atomic E-state index is 12.7. The van der Waals surface area contributed by atoms with Crippen LogP contribution in [0.3, 0.4) is 0 Å². The molecule has 1 saturated carbocycles. The lowest BCUT2D eigenvalue weighted by molar-refractivity contribution is 0.0864. The summed E-state index contributed by atoms with van der Waals surface area (Å²) in [5.41, 5.74) is 0.275. The topological polar surface area (TPSA) is 109 Å². The first-order valence-electron chi connectivity index (χ1n) is 8.64. The lowest BCUT2D eigenvalue weighted by atomic mass is 10.1. The number of benzene rings is 1. The molecule has 2 amide bonds. The Morgan fingerprint density at radius 1 is 1.33 bits per heavy atom. The Hall–Kier alpha value is -2.33. The van der Waals surface area contributed by atoms with E-state index in [1.54, 1.807) is 0 Å². The first kappa shape index (κ1) is 18.1. The van der Waals surface area contributed by atoms with Crippen LogP contribution in [-0.4, -0.2) is 40.8 Å². The first-order chi connectivity index (χ1) is 12.8. The molecule has 2 heterocycles. The van der Waals surface area contributed by atoms with Gasteiger partial charge in [0.2, 0.25) is 5.13 Å². The maximum Gasteiger partial charge on any atom is 0.269 e. The van der Waals surface area contributed by atoms with E-state index < -0.39 is 21.8 Å². The van der Waals surface area contributed by atoms with E-state index in [4.69, 9.17) is 0 Å². The number of fused-ring (bicyclic) bond motifs is 1. The third kappa shape index (κ3) is 3.23. The molecule has 1 fully saturated rings. The largest absolute Gasteiger partial charge is 0.296 e. The molecular formula is C17H18N4O4S2. The summed E-state index contributed by atoms with van der Waals surface area (Å²) in [6.45, 7) is 4.13. The predicted octanol–water partition coefficient (Wildman–Crippen LogP) is 2.30. The summed E-state index contributed by atoms with van der Waals surface area (Å²) in [5.74, 6) is -0.574. The van der Waals surface area contributed by atoms with E-state index in [9.17, 15) is 18.0 Å². The molecule has 0 spiro atoms. The highest BCUT2D eigenvalue weighted by Crippen LogP contribution is 2.39. The molecule has 0 bridgehead atoms. The van der Waals surface area contributed by atoms with E-state index in [0.717, 1.165) is 15.7 Å². The van der Waals surface area contributed by atoms with Crippen molar-refractivity contribution in [3.05, 3.63) is 34.3 Å². The van der Waals surface area contributed by atoms with Crippen molar-refractivity contribution in [1.29, 1.82) is 0 Å². The monoisotopic (exact) mass is 406 g/mol. The predicted molar refractivity (Wildman–Crippen MR) is 99.2 cm³/mol. The summed E-state index contributed by atoms with van der Waals surface area (Å²) in [5, 5.41) is 11.8. The number of amides is 2. The average Bonchev–Trinajstić information content (AvgIpc) is 3.29. The van der Waals surface area contributed by atoms with Crippen LogP contribution in [0.1, 0.15) is 52.4 Å². The van der Waals surface area contributed by atoms with Gasteiger partial charge < -0.3 is 0 Å². The van der Waals surface area contributed by atoms with Gasteiger partial charge >= 0.3 is 0 Å². The van der Waals surface area contributed by atoms with Crippen molar-refractivity contribution < 1.29 is 18.0 Å². The molecule has 1 aromatic heterocycles. The van der Waals surface area contributed by atoms with Gasteiger partial charge in [0.15, 0.2) is 0 Å². The van der Waals surface area contributed by atoms with Gasteiger partial charge in [-0.3, -0.25) is 14.9 Å². The molecule has 10 heteroatoms. The van der Waals surface area contributed by atoms with Crippen LogP contribution in [-0.2, 0) is 16.4 Å². The number of hydrogen-bond donors (Lipinski definition) is 1. The first-order valence-corrected chi connectivity index (χ1v) is 10.9. The second kappa shape index (κ2) is 6.38. The molecule has 0 unspecified atom stereocenters. The molecule has 1 N–H and O–H groups in total. The minimum Gasteiger partial charge on any atom is -0.296 e. The second-order valence-corrected chi connectivity index (χ2v) is 9.95. The van der Waals surface area contributed by atoms with Crippen molar-refractivity contribution in [3.63, 3.8) is 0 Å². The third-order valence-corrected chi connectivity index (χ3v) is 7.10. The number of nitrogens with one attached hydrogen (secondary N) is 1. The fourth-order valence-electron chi connectivity index (χ4n) is 2.96. The highest BCUT2D eigenvalue weighted by atomic mass is 32.2. The summed E-state index contributed by atoms with van der Waals surface area (Å²) in [7, 11) is -3.89. The second-order valence-electron chi connectivity index (χ2n) is 7.10. The molecule has 2 aromatic rings. The molecule has 8 nitrogen and oxygen atoms in total. The van der Waals surface area contributed by atoms with Crippen LogP contribution in [0.25, 0.3) is 0 Å². The minimum atomic E-state index is -3.89. The summed E-state index contributed by atoms with van der Waals surface area (Å²) in [4.78, 5) is 24.8. The summed E-state index contributed by atoms with van der Waals surface area (Å²) in [6, 6.07) is 3.86. The van der Waals surface area contributed by atoms with Gasteiger partial charge in [-0.2, -0.15) is 0 Å². The molecular weight excluding hydrogens is 388 g/mol. The van der Waals surface area contributed by atoms with E-state index in [-0.39, 0.29) is 22.1 Å². The van der Waals surface area contributed by atoms with Gasteiger partial charge in [-0.15, -0.1) is 10.2 Å². The average molecular weight is 406 g/mol. The van der Waals surface area contributed by atoms with E-state index in [0.29, 0.717) is 23.9 Å². The maximum atomic E-state index is 12.7. The van der Waals surface area contributed by atoms with E-state index in [2.05, 4.69) is 29.4 Å². The number of carbonyl (C=O) groups excluding carboxylic acids is 2. The molecule has 1 aliphatic carbocycles. The highest BCUT2D eigenvalue weighted by Gasteiger charge is 2.48. The fraction of sp³-hybridized carbons (Fsp3) is 0.412. The van der Waals surface area contributed by atoms with E-state index in [1.807, 2.05) is 0 Å². The van der Waals surface area contributed by atoms with Gasteiger partial charge in [0.25, 0.3) is 21.8 Å². The number of anilines is 1. The Balaban J connectivity index is 1.58. The summed E-state index contributed by atoms with van der Waals surface area (Å²) >= 11 is 1.29. The highest BCUT2D eigenvalue weighted by molar-refractivity contribution is 7.90. The van der Waals surface area contributed by atoms with Gasteiger partial charge in [-0.05, 0) is 37.0 Å². The minimum absolute atomic E-state index is 0.107. The molecule has 1 aliphatic heterocycles. The van der Waals surface area contributed by atoms with Crippen LogP contribution in [0, 0.1) is 5.92 Å². The van der Waals surface area contributed by atoms with E-state index in [1.165, 1.54) is 29.5 Å². The van der Waals surface area contributed by atoms with Gasteiger partial charge in [0.1, 0.15) is 9.90 Å². The molecule has 2 aliphatic rings. The van der Waals surface area contributed by atoms with Gasteiger partial charge in [0.05, 0.1) is 5.56 Å². The molecule has 27 heavy (non-hydrogen) atoms. The third-order valence-electron chi connectivity index (χ3n) is 4.36. The zero-order valence-electron chi connectivity index (χ0n) is 14.8. The number of nitrogens with zero attached hydrogens (tertiary/aromatic N) is 3. The van der Waals surface area contributed by atoms with Crippen LogP contribution in [0.15, 0.2) is 23.1 Å². The molecule has 142 valence electrons. The van der Waals surface area contributed by atoms with Crippen molar-refractivity contribution in [2.24, 2.45) is 5.92 Å². The Labute approximate surface area is 160 Å². The van der Waals surface area contributed by atoms with Crippen molar-refractivity contribution in [2.75, 3.05) is 5.32 Å². The lowest BCUT2D eigenvalue weighted by Gasteiger charge is -2.13. The summed E-state index contributed by atoms with van der Waals surface area (Å²) in [6.07, 6.45) is 2.13. The number of aromatic nitrogens is 2. The fourth-order valence-corrected chi connectivity index (χ4v) is 5.75. The smallest absolute Gasteiger partial charge is 0.269 e. The molecule has 0 atom stereocenters. The molecule has 4 rings (SSSR count). The molecule has 1 aromatic carbocycles. The number of carbonyl (C=O) groups is 2. The van der Waals surface area contributed by atoms with Crippen molar-refractivity contribution in [1.82, 2.24) is 14.5 Å². The van der Waals surface area contributed by atoms with Crippen molar-refractivity contribution in [3.8, 4) is 0 Å². The van der Waals surface area contributed by atoms with Crippen molar-refractivity contribution in [2.45, 2.75) is 44.0 Å². The van der Waals surface area contributed by atoms with Crippen LogP contribution in [0.4, 0.5) is 5.13 Å². The quantitative estimate of drug-likeness (QED) is 0.816. The van der Waals surface area contributed by atoms with Crippen molar-refractivity contribution >= 4 is 38.3 Å². The Morgan fingerprint density at radius 2 is 2.07 bits per heavy atom. The van der Waals surface area contributed by atoms with Crippen LogP contribution in [0.2, 0.25) is 0 Å². The number of hydrogen-bond acceptors (Lipinski definition) is 7. The van der Waals surface area contributed by atoms with Crippen LogP contribution in [0.5, 0.6) is 0 Å². The normalized spacial score (nSPS) is 18.0. The van der Waals surface area contributed by atoms with Crippen LogP contribution >= 0.6 is 11.3 Å². The van der Waals surface area contributed by atoms with Crippen LogP contribution < -0.4 is 5.32 Å². The number of sulfonamides is 1. The zero-order valence-corrected chi connectivity index (χ0v) is 16.4. The standard InChI is InChI=1S/C17H18N4O4S2/c1-9(2)7-14-19-20-17(26-14)18-15(22)10-3-6-12-13(8-10)27(24,25)21(16(12)23)11-4-5-11/h3,6,8-9,11H,4-5,7H2,1-2H3,(H,18,20,22). The molecule has 0 saturated heterocycles. The molecule has 0 radical (unpaired) electrons.